The van der Waals surface area contributed by atoms with Crippen molar-refractivity contribution in [2.75, 3.05) is 32.2 Å². The molecule has 29 heavy (non-hydrogen) atoms. The van der Waals surface area contributed by atoms with Crippen molar-refractivity contribution in [2.45, 2.75) is 32.1 Å². The number of carbonyl (C=O) groups excluding carboxylic acids is 2. The number of piperidine rings is 1. The maximum Gasteiger partial charge on any atom is 0.407 e. The van der Waals surface area contributed by atoms with E-state index in [0.29, 0.717) is 17.8 Å². The lowest BCUT2D eigenvalue weighted by Gasteiger charge is -2.38. The third-order valence-electron chi connectivity index (χ3n) is 4.97. The molecule has 0 aliphatic carbocycles. The zero-order chi connectivity index (χ0) is 20.8. The molecule has 1 saturated heterocycles. The largest absolute Gasteiger partial charge is 0.465 e. The Morgan fingerprint density at radius 3 is 2.69 bits per heavy atom. The maximum atomic E-state index is 12.2. The Morgan fingerprint density at radius 1 is 1.24 bits per heavy atom. The van der Waals surface area contributed by atoms with Gasteiger partial charge in [-0.05, 0) is 30.5 Å². The highest BCUT2D eigenvalue weighted by Crippen LogP contribution is 2.32. The minimum absolute atomic E-state index is 0.138. The summed E-state index contributed by atoms with van der Waals surface area (Å²) >= 11 is 1.42. The molecule has 1 fully saturated rings. The van der Waals surface area contributed by atoms with E-state index >= 15 is 0 Å². The van der Waals surface area contributed by atoms with Gasteiger partial charge in [-0.15, -0.1) is 11.3 Å². The monoisotopic (exact) mass is 418 g/mol. The fourth-order valence-corrected chi connectivity index (χ4v) is 4.48. The van der Waals surface area contributed by atoms with E-state index in [1.54, 1.807) is 7.11 Å². The predicted molar refractivity (Wildman–Crippen MR) is 112 cm³/mol. The van der Waals surface area contributed by atoms with E-state index in [-0.39, 0.29) is 24.7 Å². The minimum atomic E-state index is -0.450. The lowest BCUT2D eigenvalue weighted by atomic mass is 10.0. The summed E-state index contributed by atoms with van der Waals surface area (Å²) in [5, 5.41) is 3.92. The number of amides is 1. The van der Waals surface area contributed by atoms with Crippen LogP contribution in [0, 0.1) is 6.92 Å². The summed E-state index contributed by atoms with van der Waals surface area (Å²) in [6.07, 6.45) is 0.0787. The van der Waals surface area contributed by atoms with Gasteiger partial charge in [0.1, 0.15) is 11.5 Å². The fraction of sp³-hybridized carbons (Fsp3) is 0.429. The highest BCUT2D eigenvalue weighted by molar-refractivity contribution is 7.18. The molecule has 1 N–H and O–H groups in total. The number of nitrogens with zero attached hydrogens (tertiary/aromatic N) is 1. The van der Waals surface area contributed by atoms with Crippen LogP contribution in [-0.2, 0) is 20.8 Å². The van der Waals surface area contributed by atoms with Crippen molar-refractivity contribution in [2.24, 2.45) is 0 Å². The number of hydrogen-bond acceptors (Lipinski definition) is 7. The number of methoxy groups -OCH3 is 2. The van der Waals surface area contributed by atoms with Crippen LogP contribution in [0.3, 0.4) is 0 Å². The standard InChI is InChI=1S/C21H26N2O5S/c1-14-11-18(29-19(14)20(24)27-3)23-10-9-16(17(12-23)26-2)22-21(25)28-13-15-7-5-4-6-8-15/h4-8,11,16-17H,9-10,12-13H2,1-3H3,(H,22,25)/t16-,17+/m1/s1. The fourth-order valence-electron chi connectivity index (χ4n) is 3.35. The Labute approximate surface area is 174 Å². The molecule has 0 radical (unpaired) electrons. The van der Waals surface area contributed by atoms with Crippen molar-refractivity contribution in [1.82, 2.24) is 5.32 Å². The summed E-state index contributed by atoms with van der Waals surface area (Å²) in [5.74, 6) is -0.320. The van der Waals surface area contributed by atoms with Crippen molar-refractivity contribution in [1.29, 1.82) is 0 Å². The topological polar surface area (TPSA) is 77.1 Å². The maximum absolute atomic E-state index is 12.2. The van der Waals surface area contributed by atoms with Crippen LogP contribution in [0.1, 0.15) is 27.2 Å². The van der Waals surface area contributed by atoms with Gasteiger partial charge < -0.3 is 24.4 Å². The van der Waals surface area contributed by atoms with Crippen LogP contribution in [0.15, 0.2) is 36.4 Å². The zero-order valence-corrected chi connectivity index (χ0v) is 17.7. The van der Waals surface area contributed by atoms with Crippen LogP contribution in [0.25, 0.3) is 0 Å². The van der Waals surface area contributed by atoms with Crippen molar-refractivity contribution < 1.29 is 23.8 Å². The summed E-state index contributed by atoms with van der Waals surface area (Å²) < 4.78 is 15.8. The summed E-state index contributed by atoms with van der Waals surface area (Å²) in [7, 11) is 3.02. The molecule has 1 aromatic heterocycles. The molecule has 0 saturated carbocycles. The second-order valence-corrected chi connectivity index (χ2v) is 7.94. The van der Waals surface area contributed by atoms with E-state index in [1.807, 2.05) is 43.3 Å². The average molecular weight is 419 g/mol. The number of rotatable bonds is 6. The van der Waals surface area contributed by atoms with Crippen molar-refractivity contribution >= 4 is 28.4 Å². The number of thiophene rings is 1. The van der Waals surface area contributed by atoms with Gasteiger partial charge in [0.2, 0.25) is 0 Å². The average Bonchev–Trinajstić information content (AvgIpc) is 3.14. The number of esters is 1. The molecule has 2 atom stereocenters. The van der Waals surface area contributed by atoms with Crippen molar-refractivity contribution in [3.8, 4) is 0 Å². The van der Waals surface area contributed by atoms with E-state index in [2.05, 4.69) is 10.2 Å². The first-order chi connectivity index (χ1) is 14.0. The van der Waals surface area contributed by atoms with E-state index in [4.69, 9.17) is 14.2 Å². The Morgan fingerprint density at radius 2 is 2.00 bits per heavy atom. The highest BCUT2D eigenvalue weighted by Gasteiger charge is 2.32. The smallest absolute Gasteiger partial charge is 0.407 e. The first kappa shape index (κ1) is 21.1. The number of ether oxygens (including phenoxy) is 3. The molecule has 1 aliphatic rings. The van der Waals surface area contributed by atoms with Gasteiger partial charge in [-0.1, -0.05) is 30.3 Å². The normalized spacial score (nSPS) is 18.9. The molecular formula is C21H26N2O5S. The summed E-state index contributed by atoms with van der Waals surface area (Å²) in [4.78, 5) is 26.9. The van der Waals surface area contributed by atoms with Gasteiger partial charge in [-0.2, -0.15) is 0 Å². The van der Waals surface area contributed by atoms with E-state index in [0.717, 1.165) is 22.7 Å². The Bertz CT molecular complexity index is 839. The molecule has 156 valence electrons. The first-order valence-electron chi connectivity index (χ1n) is 9.45. The lowest BCUT2D eigenvalue weighted by Crippen LogP contribution is -2.54. The highest BCUT2D eigenvalue weighted by atomic mass is 32.1. The van der Waals surface area contributed by atoms with E-state index in [9.17, 15) is 9.59 Å². The molecule has 1 amide bonds. The van der Waals surface area contributed by atoms with Crippen LogP contribution >= 0.6 is 11.3 Å². The van der Waals surface area contributed by atoms with Gasteiger partial charge in [0.15, 0.2) is 0 Å². The third-order valence-corrected chi connectivity index (χ3v) is 6.24. The molecule has 1 aromatic carbocycles. The van der Waals surface area contributed by atoms with E-state index in [1.165, 1.54) is 18.4 Å². The minimum Gasteiger partial charge on any atom is -0.465 e. The SMILES string of the molecule is COC(=O)c1sc(N2CC[C@@H](NC(=O)OCc3ccccc3)[C@@H](OC)C2)cc1C. The Kier molecular flexibility index (Phi) is 7.11. The second-order valence-electron chi connectivity index (χ2n) is 6.91. The molecule has 0 unspecified atom stereocenters. The van der Waals surface area contributed by atoms with Gasteiger partial charge in [0.05, 0.1) is 24.3 Å². The predicted octanol–water partition coefficient (Wildman–Crippen LogP) is 3.36. The second kappa shape index (κ2) is 9.76. The van der Waals surface area contributed by atoms with Gasteiger partial charge in [-0.3, -0.25) is 0 Å². The number of aryl methyl sites for hydroxylation is 1. The number of nitrogens with one attached hydrogen (secondary N) is 1. The number of hydrogen-bond donors (Lipinski definition) is 1. The lowest BCUT2D eigenvalue weighted by molar-refractivity contribution is 0.0547. The Hall–Kier alpha value is -2.58. The summed E-state index contributed by atoms with van der Waals surface area (Å²) in [6.45, 7) is 3.48. The first-order valence-corrected chi connectivity index (χ1v) is 10.3. The summed E-state index contributed by atoms with van der Waals surface area (Å²) in [5.41, 5.74) is 1.84. The number of carbonyl (C=O) groups is 2. The van der Waals surface area contributed by atoms with Gasteiger partial charge >= 0.3 is 12.1 Å². The molecule has 2 aromatic rings. The molecule has 7 nitrogen and oxygen atoms in total. The van der Waals surface area contributed by atoms with Crippen LogP contribution in [0.4, 0.5) is 9.80 Å². The number of benzene rings is 1. The molecule has 1 aliphatic heterocycles. The number of anilines is 1. The van der Waals surface area contributed by atoms with Crippen molar-refractivity contribution in [3.63, 3.8) is 0 Å². The molecule has 0 spiro atoms. The molecule has 3 rings (SSSR count). The van der Waals surface area contributed by atoms with Crippen LogP contribution in [0.5, 0.6) is 0 Å². The third kappa shape index (κ3) is 5.27. The number of alkyl carbamates (subject to hydrolysis) is 1. The molecule has 0 bridgehead atoms. The quantitative estimate of drug-likeness (QED) is 0.725. The summed E-state index contributed by atoms with van der Waals surface area (Å²) in [6, 6.07) is 11.4. The van der Waals surface area contributed by atoms with Crippen molar-refractivity contribution in [3.05, 3.63) is 52.4 Å². The molecule has 8 heteroatoms. The van der Waals surface area contributed by atoms with Crippen LogP contribution < -0.4 is 10.2 Å². The molecule has 2 heterocycles. The van der Waals surface area contributed by atoms with E-state index < -0.39 is 6.09 Å². The zero-order valence-electron chi connectivity index (χ0n) is 16.8. The van der Waals surface area contributed by atoms with Gasteiger partial charge in [0.25, 0.3) is 0 Å². The Balaban J connectivity index is 1.56. The van der Waals surface area contributed by atoms with Crippen LogP contribution in [-0.4, -0.2) is 51.5 Å². The van der Waals surface area contributed by atoms with Crippen LogP contribution in [0.2, 0.25) is 0 Å². The van der Waals surface area contributed by atoms with Gasteiger partial charge in [0, 0.05) is 20.2 Å². The van der Waals surface area contributed by atoms with Gasteiger partial charge in [-0.25, -0.2) is 9.59 Å². The molecular weight excluding hydrogens is 392 g/mol.